The highest BCUT2D eigenvalue weighted by Crippen LogP contribution is 1.93. The Morgan fingerprint density at radius 2 is 1.38 bits per heavy atom. The largest absolute Gasteiger partial charge is 1.00 e. The zero-order valence-corrected chi connectivity index (χ0v) is 11.5. The molecule has 0 spiro atoms. The van der Waals surface area contributed by atoms with Gasteiger partial charge >= 0.3 is 0 Å². The van der Waals surface area contributed by atoms with E-state index in [0.717, 1.165) is 6.54 Å². The molecule has 1 rings (SSSR count). The highest BCUT2D eigenvalue weighted by Gasteiger charge is 1.89. The zero-order chi connectivity index (χ0) is 11.5. The van der Waals surface area contributed by atoms with E-state index in [2.05, 4.69) is 43.5 Å². The Bertz CT molecular complexity index is 217. The number of quaternary nitrogens is 1. The van der Waals surface area contributed by atoms with Crippen molar-refractivity contribution in [3.63, 3.8) is 0 Å². The van der Waals surface area contributed by atoms with Gasteiger partial charge in [-0.1, -0.05) is 51.1 Å². The van der Waals surface area contributed by atoms with E-state index in [9.17, 15) is 0 Å². The van der Waals surface area contributed by atoms with Crippen LogP contribution in [0.5, 0.6) is 0 Å². The van der Waals surface area contributed by atoms with Crippen molar-refractivity contribution >= 4 is 0 Å². The molecule has 0 saturated heterocycles. The summed E-state index contributed by atoms with van der Waals surface area (Å²) in [4.78, 5) is 2.38. The molecule has 0 atom stereocenters. The number of hydrogen-bond donors (Lipinski definition) is 1. The van der Waals surface area contributed by atoms with Crippen LogP contribution in [0.4, 0.5) is 0 Å². The highest BCUT2D eigenvalue weighted by molar-refractivity contribution is 5.12. The number of rotatable bonds is 4. The van der Waals surface area contributed by atoms with Crippen LogP contribution in [-0.2, 0) is 6.54 Å². The van der Waals surface area contributed by atoms with E-state index in [1.165, 1.54) is 25.2 Å². The minimum atomic E-state index is 0. The summed E-state index contributed by atoms with van der Waals surface area (Å²) in [6.07, 6.45) is 0. The molecule has 0 aromatic heterocycles. The third kappa shape index (κ3) is 8.72. The first kappa shape index (κ1) is 17.8. The zero-order valence-electron chi connectivity index (χ0n) is 10.7. The normalized spacial score (nSPS) is 9.06. The van der Waals surface area contributed by atoms with Gasteiger partial charge in [-0.25, -0.2) is 0 Å². The summed E-state index contributed by atoms with van der Waals surface area (Å²) in [5.74, 6) is 0. The van der Waals surface area contributed by atoms with E-state index >= 15 is 0 Å². The van der Waals surface area contributed by atoms with Crippen LogP contribution >= 0.6 is 0 Å². The van der Waals surface area contributed by atoms with Gasteiger partial charge in [-0.15, -0.1) is 0 Å². The second-order valence-corrected chi connectivity index (χ2v) is 3.36. The van der Waals surface area contributed by atoms with Crippen molar-refractivity contribution in [2.75, 3.05) is 19.6 Å². The van der Waals surface area contributed by atoms with Gasteiger partial charge in [0.1, 0.15) is 0 Å². The fourth-order valence-electron chi connectivity index (χ4n) is 1.32. The second kappa shape index (κ2) is 12.5. The maximum atomic E-state index is 3.76. The molecule has 0 unspecified atom stereocenters. The molecule has 0 aliphatic heterocycles. The molecule has 0 amide bonds. The van der Waals surface area contributed by atoms with Crippen molar-refractivity contribution in [3.05, 3.63) is 35.9 Å². The Morgan fingerprint density at radius 3 is 1.56 bits per heavy atom. The van der Waals surface area contributed by atoms with Crippen LogP contribution in [0.15, 0.2) is 30.3 Å². The van der Waals surface area contributed by atoms with Gasteiger partial charge in [0.2, 0.25) is 0 Å². The van der Waals surface area contributed by atoms with Crippen molar-refractivity contribution in [2.24, 2.45) is 0 Å². The lowest BCUT2D eigenvalue weighted by molar-refractivity contribution is -0.386. The van der Waals surface area contributed by atoms with Crippen molar-refractivity contribution in [1.29, 1.82) is 0 Å². The number of nitrogens with zero attached hydrogens (tertiary/aromatic N) is 1. The van der Waals surface area contributed by atoms with Crippen LogP contribution in [0.1, 0.15) is 26.3 Å². The summed E-state index contributed by atoms with van der Waals surface area (Å²) in [7, 11) is 0. The predicted molar refractivity (Wildman–Crippen MR) is 66.5 cm³/mol. The average Bonchev–Trinajstić information content (AvgIpc) is 2.33. The van der Waals surface area contributed by atoms with E-state index in [-0.39, 0.29) is 12.4 Å². The van der Waals surface area contributed by atoms with Crippen molar-refractivity contribution in [1.82, 2.24) is 4.90 Å². The molecular weight excluding hydrogens is 220 g/mol. The van der Waals surface area contributed by atoms with Crippen molar-refractivity contribution < 1.29 is 18.1 Å². The predicted octanol–water partition coefficient (Wildman–Crippen LogP) is -1.22. The van der Waals surface area contributed by atoms with Gasteiger partial charge in [-0.2, -0.15) is 0 Å². The highest BCUT2D eigenvalue weighted by atomic mass is 35.5. The third-order valence-electron chi connectivity index (χ3n) is 2.47. The number of halogens is 1. The first-order valence-electron chi connectivity index (χ1n) is 5.83. The Hall–Kier alpha value is -0.570. The summed E-state index contributed by atoms with van der Waals surface area (Å²) < 4.78 is 0. The molecule has 94 valence electrons. The van der Waals surface area contributed by atoms with Crippen LogP contribution in [0.25, 0.3) is 0 Å². The van der Waals surface area contributed by atoms with Gasteiger partial charge < -0.3 is 23.0 Å². The van der Waals surface area contributed by atoms with Crippen LogP contribution in [-0.4, -0.2) is 24.5 Å². The first-order chi connectivity index (χ1) is 7.28. The maximum absolute atomic E-state index is 3.76. The van der Waals surface area contributed by atoms with Crippen LogP contribution in [0.2, 0.25) is 0 Å². The molecule has 0 heterocycles. The minimum Gasteiger partial charge on any atom is -1.00 e. The standard InChI is InChI=1S/C7H9N.C6H15N.ClH/c8-6-7-4-2-1-3-5-7;1-4-7(5-2)6-3;/h1-5H,6,8H2;4-6H2,1-3H3;1H. The summed E-state index contributed by atoms with van der Waals surface area (Å²) in [5, 5.41) is 0. The number of benzene rings is 1. The van der Waals surface area contributed by atoms with E-state index in [1.807, 2.05) is 18.2 Å². The molecule has 1 aromatic carbocycles. The molecule has 0 saturated carbocycles. The van der Waals surface area contributed by atoms with Gasteiger partial charge in [-0.05, 0) is 19.6 Å². The monoisotopic (exact) mass is 244 g/mol. The van der Waals surface area contributed by atoms with E-state index in [1.54, 1.807) is 0 Å². The lowest BCUT2D eigenvalue weighted by Gasteiger charge is -2.13. The molecule has 16 heavy (non-hydrogen) atoms. The summed E-state index contributed by atoms with van der Waals surface area (Å²) in [5.41, 5.74) is 5.05. The third-order valence-corrected chi connectivity index (χ3v) is 2.47. The van der Waals surface area contributed by atoms with Gasteiger partial charge in [-0.3, -0.25) is 0 Å². The fraction of sp³-hybridized carbons (Fsp3) is 0.538. The molecule has 2 nitrogen and oxygen atoms in total. The minimum absolute atomic E-state index is 0. The molecular formula is C13H25ClN2. The van der Waals surface area contributed by atoms with Gasteiger partial charge in [0.25, 0.3) is 0 Å². The van der Waals surface area contributed by atoms with Crippen molar-refractivity contribution in [2.45, 2.75) is 27.3 Å². The van der Waals surface area contributed by atoms with Crippen LogP contribution < -0.4 is 18.1 Å². The van der Waals surface area contributed by atoms with Crippen LogP contribution in [0, 0.1) is 0 Å². The lowest BCUT2D eigenvalue weighted by atomic mass is 10.2. The summed E-state index contributed by atoms with van der Waals surface area (Å²) in [6, 6.07) is 10.2. The fourth-order valence-corrected chi connectivity index (χ4v) is 1.32. The van der Waals surface area contributed by atoms with E-state index in [0.29, 0.717) is 0 Å². The maximum Gasteiger partial charge on any atom is 0.0997 e. The molecule has 0 bridgehead atoms. The molecule has 1 aromatic rings. The molecule has 3 N–H and O–H groups in total. The van der Waals surface area contributed by atoms with Gasteiger partial charge in [0.15, 0.2) is 0 Å². The molecule has 0 aliphatic rings. The second-order valence-electron chi connectivity index (χ2n) is 3.36. The quantitative estimate of drug-likeness (QED) is 0.708. The Morgan fingerprint density at radius 1 is 0.938 bits per heavy atom. The summed E-state index contributed by atoms with van der Waals surface area (Å²) >= 11 is 0. The Kier molecular flexibility index (Phi) is 13.9. The Balaban J connectivity index is 0. The van der Waals surface area contributed by atoms with Gasteiger partial charge in [0, 0.05) is 5.56 Å². The first-order valence-corrected chi connectivity index (χ1v) is 5.83. The van der Waals surface area contributed by atoms with Gasteiger partial charge in [0.05, 0.1) is 6.54 Å². The SMILES string of the molecule is CCN(CC)CC.[Cl-].[NH3+]Cc1ccccc1. The van der Waals surface area contributed by atoms with Crippen molar-refractivity contribution in [3.8, 4) is 0 Å². The molecule has 0 radical (unpaired) electrons. The molecule has 0 fully saturated rings. The Labute approximate surface area is 106 Å². The lowest BCUT2D eigenvalue weighted by Crippen LogP contribution is -3.00. The number of hydrogen-bond acceptors (Lipinski definition) is 1. The smallest absolute Gasteiger partial charge is 0.0997 e. The molecule has 3 heteroatoms. The molecule has 0 aliphatic carbocycles. The topological polar surface area (TPSA) is 30.9 Å². The van der Waals surface area contributed by atoms with E-state index < -0.39 is 0 Å². The summed E-state index contributed by atoms with van der Waals surface area (Å²) in [6.45, 7) is 11.0. The van der Waals surface area contributed by atoms with Crippen LogP contribution in [0.3, 0.4) is 0 Å². The van der Waals surface area contributed by atoms with E-state index in [4.69, 9.17) is 0 Å². The average molecular weight is 245 g/mol.